The maximum atomic E-state index is 12.8. The van der Waals surface area contributed by atoms with Gasteiger partial charge in [-0.25, -0.2) is 26.4 Å². The fourth-order valence-electron chi connectivity index (χ4n) is 3.31. The number of sulfonamides is 2. The highest BCUT2D eigenvalue weighted by molar-refractivity contribution is 7.89. The largest absolute Gasteiger partial charge is 0.465 e. The van der Waals surface area contributed by atoms with Crippen LogP contribution < -0.4 is 4.72 Å². The predicted molar refractivity (Wildman–Crippen MR) is 116 cm³/mol. The van der Waals surface area contributed by atoms with Gasteiger partial charge >= 0.3 is 5.97 Å². The third-order valence-electron chi connectivity index (χ3n) is 5.08. The number of rotatable bonds is 6. The van der Waals surface area contributed by atoms with Crippen molar-refractivity contribution in [2.75, 3.05) is 20.2 Å². The lowest BCUT2D eigenvalue weighted by molar-refractivity contribution is 0.0600. The van der Waals surface area contributed by atoms with E-state index in [1.807, 2.05) is 6.92 Å². The van der Waals surface area contributed by atoms with Gasteiger partial charge in [-0.05, 0) is 50.1 Å². The van der Waals surface area contributed by atoms with Gasteiger partial charge in [-0.15, -0.1) is 0 Å². The summed E-state index contributed by atoms with van der Waals surface area (Å²) in [5.74, 6) is -0.678. The normalized spacial score (nSPS) is 16.2. The van der Waals surface area contributed by atoms with E-state index in [1.54, 1.807) is 24.3 Å². The van der Waals surface area contributed by atoms with E-state index >= 15 is 0 Å². The zero-order valence-corrected chi connectivity index (χ0v) is 19.4. The van der Waals surface area contributed by atoms with Gasteiger partial charge in [0.15, 0.2) is 0 Å². The molecule has 0 atom stereocenters. The first-order chi connectivity index (χ1) is 14.5. The van der Waals surface area contributed by atoms with Crippen molar-refractivity contribution in [1.29, 1.82) is 0 Å². The summed E-state index contributed by atoms with van der Waals surface area (Å²) in [4.78, 5) is 11.7. The highest BCUT2D eigenvalue weighted by Crippen LogP contribution is 2.26. The second kappa shape index (κ2) is 9.25. The smallest absolute Gasteiger partial charge is 0.337 e. The van der Waals surface area contributed by atoms with Crippen molar-refractivity contribution in [1.82, 2.24) is 9.03 Å². The number of hydrogen-bond acceptors (Lipinski definition) is 6. The molecule has 0 aromatic heterocycles. The number of hydrogen-bond donors (Lipinski definition) is 1. The molecule has 168 valence electrons. The second-order valence-electron chi connectivity index (χ2n) is 7.25. The molecule has 0 unspecified atom stereocenters. The number of esters is 1. The van der Waals surface area contributed by atoms with E-state index in [1.165, 1.54) is 23.5 Å². The summed E-state index contributed by atoms with van der Waals surface area (Å²) in [7, 11) is -6.47. The van der Waals surface area contributed by atoms with Crippen LogP contribution in [0.15, 0.2) is 52.3 Å². The third kappa shape index (κ3) is 5.27. The van der Waals surface area contributed by atoms with E-state index in [0.717, 1.165) is 11.6 Å². The van der Waals surface area contributed by atoms with Gasteiger partial charge in [0, 0.05) is 19.1 Å². The standard InChI is InChI=1S/C20H23ClN2O6S2/c1-14-3-6-17(7-4-14)31(27,28)23-11-9-16(10-12-23)22-30(25,26)19-13-15(20(24)29-2)5-8-18(19)21/h3-8,13,16,22H,9-12H2,1-2H3. The number of halogens is 1. The van der Waals surface area contributed by atoms with E-state index in [9.17, 15) is 21.6 Å². The Morgan fingerprint density at radius 1 is 1.06 bits per heavy atom. The molecular formula is C20H23ClN2O6S2. The van der Waals surface area contributed by atoms with Crippen LogP contribution in [-0.2, 0) is 24.8 Å². The minimum atomic E-state index is -4.02. The van der Waals surface area contributed by atoms with Crippen LogP contribution in [0.1, 0.15) is 28.8 Å². The van der Waals surface area contributed by atoms with Crippen LogP contribution in [0.3, 0.4) is 0 Å². The van der Waals surface area contributed by atoms with Crippen LogP contribution in [0.25, 0.3) is 0 Å². The molecule has 0 bridgehead atoms. The fourth-order valence-corrected chi connectivity index (χ4v) is 6.61. The number of carbonyl (C=O) groups excluding carboxylic acids is 1. The molecule has 2 aromatic rings. The average Bonchev–Trinajstić information content (AvgIpc) is 2.74. The molecule has 0 spiro atoms. The topological polar surface area (TPSA) is 110 Å². The summed E-state index contributed by atoms with van der Waals surface area (Å²) in [5, 5.41) is -0.0282. The molecule has 1 aliphatic rings. The number of ether oxygens (including phenoxy) is 1. The highest BCUT2D eigenvalue weighted by atomic mass is 35.5. The Morgan fingerprint density at radius 2 is 1.68 bits per heavy atom. The van der Waals surface area contributed by atoms with Gasteiger partial charge in [-0.3, -0.25) is 0 Å². The Kier molecular flexibility index (Phi) is 7.07. The lowest BCUT2D eigenvalue weighted by atomic mass is 10.1. The Morgan fingerprint density at radius 3 is 2.26 bits per heavy atom. The van der Waals surface area contributed by atoms with Crippen LogP contribution in [0.4, 0.5) is 0 Å². The molecule has 0 radical (unpaired) electrons. The van der Waals surface area contributed by atoms with Crippen molar-refractivity contribution in [2.24, 2.45) is 0 Å². The molecule has 0 saturated carbocycles. The number of aryl methyl sites for hydroxylation is 1. The lowest BCUT2D eigenvalue weighted by Crippen LogP contribution is -2.46. The molecule has 1 heterocycles. The number of nitrogens with zero attached hydrogens (tertiary/aromatic N) is 1. The van der Waals surface area contributed by atoms with E-state index in [0.29, 0.717) is 12.8 Å². The Hall–Kier alpha value is -1.98. The average molecular weight is 487 g/mol. The van der Waals surface area contributed by atoms with Crippen molar-refractivity contribution in [2.45, 2.75) is 35.6 Å². The number of carbonyl (C=O) groups is 1. The zero-order chi connectivity index (χ0) is 22.8. The number of nitrogens with one attached hydrogen (secondary N) is 1. The Bertz CT molecular complexity index is 1170. The van der Waals surface area contributed by atoms with Gasteiger partial charge in [-0.1, -0.05) is 29.3 Å². The molecule has 1 saturated heterocycles. The molecule has 1 aliphatic heterocycles. The van der Waals surface area contributed by atoms with Crippen molar-refractivity contribution >= 4 is 37.6 Å². The van der Waals surface area contributed by atoms with E-state index in [4.69, 9.17) is 11.6 Å². The van der Waals surface area contributed by atoms with Crippen molar-refractivity contribution in [3.8, 4) is 0 Å². The highest BCUT2D eigenvalue weighted by Gasteiger charge is 2.32. The van der Waals surface area contributed by atoms with Crippen molar-refractivity contribution < 1.29 is 26.4 Å². The van der Waals surface area contributed by atoms with Crippen LogP contribution >= 0.6 is 11.6 Å². The molecule has 31 heavy (non-hydrogen) atoms. The number of piperidine rings is 1. The van der Waals surface area contributed by atoms with E-state index in [2.05, 4.69) is 9.46 Å². The molecular weight excluding hydrogens is 464 g/mol. The summed E-state index contributed by atoms with van der Waals surface area (Å²) in [6.45, 7) is 2.24. The zero-order valence-electron chi connectivity index (χ0n) is 17.0. The summed E-state index contributed by atoms with van der Waals surface area (Å²) >= 11 is 6.05. The SMILES string of the molecule is COC(=O)c1ccc(Cl)c(S(=O)(=O)NC2CCN(S(=O)(=O)c3ccc(C)cc3)CC2)c1. The van der Waals surface area contributed by atoms with Gasteiger partial charge in [0.05, 0.1) is 22.6 Å². The molecule has 11 heteroatoms. The molecule has 0 amide bonds. The van der Waals surface area contributed by atoms with E-state index in [-0.39, 0.29) is 33.5 Å². The van der Waals surface area contributed by atoms with Crippen molar-refractivity contribution in [3.05, 3.63) is 58.6 Å². The van der Waals surface area contributed by atoms with Crippen LogP contribution in [0.5, 0.6) is 0 Å². The predicted octanol–water partition coefficient (Wildman–Crippen LogP) is 2.57. The third-order valence-corrected chi connectivity index (χ3v) is 8.99. The maximum Gasteiger partial charge on any atom is 0.337 e. The first-order valence-electron chi connectivity index (χ1n) is 9.51. The summed E-state index contributed by atoms with van der Waals surface area (Å²) < 4.78 is 59.8. The molecule has 1 fully saturated rings. The van der Waals surface area contributed by atoms with E-state index < -0.39 is 32.1 Å². The quantitative estimate of drug-likeness (QED) is 0.628. The first-order valence-corrected chi connectivity index (χ1v) is 12.8. The fraction of sp³-hybridized carbons (Fsp3) is 0.350. The lowest BCUT2D eigenvalue weighted by Gasteiger charge is -2.31. The first kappa shape index (κ1) is 23.7. The monoisotopic (exact) mass is 486 g/mol. The minimum absolute atomic E-state index is 0.0282. The van der Waals surface area contributed by atoms with Gasteiger partial charge in [0.2, 0.25) is 20.0 Å². The molecule has 0 aliphatic carbocycles. The summed E-state index contributed by atoms with van der Waals surface area (Å²) in [5.41, 5.74) is 1.02. The van der Waals surface area contributed by atoms with Crippen LogP contribution in [0, 0.1) is 6.92 Å². The minimum Gasteiger partial charge on any atom is -0.465 e. The second-order valence-corrected chi connectivity index (χ2v) is 11.3. The summed E-state index contributed by atoms with van der Waals surface area (Å²) in [6, 6.07) is 9.99. The molecule has 2 aromatic carbocycles. The number of methoxy groups -OCH3 is 1. The molecule has 8 nitrogen and oxygen atoms in total. The van der Waals surface area contributed by atoms with Gasteiger partial charge in [0.1, 0.15) is 4.90 Å². The Labute approximate surface area is 187 Å². The van der Waals surface area contributed by atoms with Crippen LogP contribution in [-0.4, -0.2) is 53.4 Å². The van der Waals surface area contributed by atoms with Gasteiger partial charge in [0.25, 0.3) is 0 Å². The van der Waals surface area contributed by atoms with Gasteiger partial charge < -0.3 is 4.74 Å². The van der Waals surface area contributed by atoms with Gasteiger partial charge in [-0.2, -0.15) is 4.31 Å². The Balaban J connectivity index is 1.71. The molecule has 1 N–H and O–H groups in total. The summed E-state index contributed by atoms with van der Waals surface area (Å²) in [6.07, 6.45) is 0.608. The van der Waals surface area contributed by atoms with Crippen LogP contribution in [0.2, 0.25) is 5.02 Å². The number of benzene rings is 2. The molecule has 3 rings (SSSR count). The van der Waals surface area contributed by atoms with Crippen molar-refractivity contribution in [3.63, 3.8) is 0 Å². The maximum absolute atomic E-state index is 12.8.